The number of nitrogens with one attached hydrogen (secondary N) is 2. The van der Waals surface area contributed by atoms with Gasteiger partial charge in [0, 0.05) is 12.1 Å². The first kappa shape index (κ1) is 37.8. The SMILES string of the molecule is C=C(C)[C@@H]1CC[C@]2(C(=O)NCCc3cccc(C(=O)NCc4nc(C(=O)O)co4)c3)CC[C@]3(C)C(CCC4[C@@]5(C)CC[C@H](O)C(C)(C)C5CC[C@]43C)C12. The maximum absolute atomic E-state index is 14.6. The number of nitrogens with zero attached hydrogens (tertiary/aromatic N) is 1. The van der Waals surface area contributed by atoms with Crippen LogP contribution in [0.4, 0.5) is 0 Å². The second-order valence-corrected chi connectivity index (χ2v) is 19.0. The standard InChI is InChI=1S/C44H61N3O6/c1-26(2)29-13-19-44(39(52)45-22-16-27-9-8-10-28(23-27)37(49)46-24-35-47-31(25-53-35)38(50)51)21-20-42(6)30(36(29)44)11-12-33-41(5)17-15-34(48)40(3,4)32(41)14-18-43(33,42)7/h8-10,23,25,29-30,32-34,36,48H,1,11-22,24H2,2-7H3,(H,45,52)(H,46,49)(H,50,51)/t29-,30?,32?,33?,34-,36?,41-,42+,43+,44-/m0/s1. The van der Waals surface area contributed by atoms with Gasteiger partial charge in [-0.3, -0.25) is 9.59 Å². The summed E-state index contributed by atoms with van der Waals surface area (Å²) in [5.74, 6) is 1.07. The molecule has 7 rings (SSSR count). The van der Waals surface area contributed by atoms with E-state index in [0.29, 0.717) is 42.2 Å². The van der Waals surface area contributed by atoms with Gasteiger partial charge in [-0.05, 0) is 146 Å². The van der Waals surface area contributed by atoms with E-state index in [1.807, 2.05) is 18.2 Å². The van der Waals surface area contributed by atoms with E-state index in [1.54, 1.807) is 6.07 Å². The Morgan fingerprint density at radius 2 is 1.70 bits per heavy atom. The summed E-state index contributed by atoms with van der Waals surface area (Å²) in [7, 11) is 0. The summed E-state index contributed by atoms with van der Waals surface area (Å²) in [6.07, 6.45) is 12.1. The fourth-order valence-electron chi connectivity index (χ4n) is 13.6. The number of hydrogen-bond acceptors (Lipinski definition) is 6. The number of carboxylic acids is 1. The van der Waals surface area contributed by atoms with Crippen LogP contribution in [0.25, 0.3) is 0 Å². The third-order valence-corrected chi connectivity index (χ3v) is 16.6. The zero-order valence-electron chi connectivity index (χ0n) is 32.7. The Kier molecular flexibility index (Phi) is 9.55. The highest BCUT2D eigenvalue weighted by Crippen LogP contribution is 2.77. The molecule has 53 heavy (non-hydrogen) atoms. The smallest absolute Gasteiger partial charge is 0.357 e. The van der Waals surface area contributed by atoms with Gasteiger partial charge in [0.15, 0.2) is 5.69 Å². The van der Waals surface area contributed by atoms with E-state index in [9.17, 15) is 19.5 Å². The molecular formula is C44H61N3O6. The van der Waals surface area contributed by atoms with Gasteiger partial charge in [0.05, 0.1) is 18.1 Å². The molecule has 4 N–H and O–H groups in total. The molecule has 0 bridgehead atoms. The van der Waals surface area contributed by atoms with Crippen LogP contribution in [0.15, 0.2) is 47.1 Å². The number of benzene rings is 1. The van der Waals surface area contributed by atoms with Crippen molar-refractivity contribution in [3.05, 3.63) is 65.4 Å². The summed E-state index contributed by atoms with van der Waals surface area (Å²) in [5.41, 5.74) is 2.54. The highest BCUT2D eigenvalue weighted by molar-refractivity contribution is 5.94. The first-order valence-corrected chi connectivity index (χ1v) is 20.1. The zero-order chi connectivity index (χ0) is 38.1. The van der Waals surface area contributed by atoms with E-state index in [1.165, 1.54) is 24.8 Å². The highest BCUT2D eigenvalue weighted by Gasteiger charge is 2.71. The monoisotopic (exact) mass is 727 g/mol. The number of aliphatic hydroxyl groups is 1. The van der Waals surface area contributed by atoms with E-state index in [4.69, 9.17) is 9.52 Å². The summed E-state index contributed by atoms with van der Waals surface area (Å²) >= 11 is 0. The van der Waals surface area contributed by atoms with Gasteiger partial charge >= 0.3 is 5.97 Å². The highest BCUT2D eigenvalue weighted by atomic mass is 16.4. The molecule has 2 amide bonds. The molecule has 5 aliphatic carbocycles. The number of amides is 2. The van der Waals surface area contributed by atoms with Gasteiger partial charge in [0.1, 0.15) is 6.26 Å². The fourth-order valence-corrected chi connectivity index (χ4v) is 13.6. The molecule has 1 aromatic carbocycles. The van der Waals surface area contributed by atoms with Crippen LogP contribution in [0.3, 0.4) is 0 Å². The van der Waals surface area contributed by atoms with E-state index in [-0.39, 0.29) is 63.6 Å². The molecule has 2 aromatic rings. The summed E-state index contributed by atoms with van der Waals surface area (Å²) in [4.78, 5) is 42.4. The molecule has 5 saturated carbocycles. The zero-order valence-corrected chi connectivity index (χ0v) is 32.7. The van der Waals surface area contributed by atoms with Crippen molar-refractivity contribution in [1.82, 2.24) is 15.6 Å². The molecule has 288 valence electrons. The maximum Gasteiger partial charge on any atom is 0.357 e. The van der Waals surface area contributed by atoms with E-state index >= 15 is 0 Å². The molecule has 5 fully saturated rings. The summed E-state index contributed by atoms with van der Waals surface area (Å²) in [6, 6.07) is 7.38. The second-order valence-electron chi connectivity index (χ2n) is 19.0. The molecular weight excluding hydrogens is 666 g/mol. The predicted octanol–water partition coefficient (Wildman–Crippen LogP) is 7.98. The van der Waals surface area contributed by atoms with Crippen molar-refractivity contribution < 1.29 is 29.0 Å². The lowest BCUT2D eigenvalue weighted by molar-refractivity contribution is -0.246. The van der Waals surface area contributed by atoms with Gasteiger partial charge in [-0.2, -0.15) is 0 Å². The van der Waals surface area contributed by atoms with Crippen LogP contribution >= 0.6 is 0 Å². The van der Waals surface area contributed by atoms with E-state index in [0.717, 1.165) is 56.8 Å². The molecule has 10 atom stereocenters. The van der Waals surface area contributed by atoms with Crippen molar-refractivity contribution in [2.75, 3.05) is 6.54 Å². The lowest BCUT2D eigenvalue weighted by Crippen LogP contribution is -2.67. The second kappa shape index (κ2) is 13.4. The minimum absolute atomic E-state index is 0.0250. The fraction of sp³-hybridized carbons (Fsp3) is 0.682. The maximum atomic E-state index is 14.6. The quantitative estimate of drug-likeness (QED) is 0.192. The Morgan fingerprint density at radius 3 is 2.42 bits per heavy atom. The molecule has 1 aromatic heterocycles. The van der Waals surface area contributed by atoms with Crippen molar-refractivity contribution in [1.29, 1.82) is 0 Å². The number of rotatable bonds is 9. The lowest BCUT2D eigenvalue weighted by Gasteiger charge is -2.72. The molecule has 9 nitrogen and oxygen atoms in total. The van der Waals surface area contributed by atoms with Gasteiger partial charge < -0.3 is 25.3 Å². The first-order valence-electron chi connectivity index (χ1n) is 20.1. The third kappa shape index (κ3) is 5.90. The topological polar surface area (TPSA) is 142 Å². The average molecular weight is 728 g/mol. The molecule has 0 aliphatic heterocycles. The number of oxazole rings is 1. The van der Waals surface area contributed by atoms with Crippen LogP contribution in [0.2, 0.25) is 0 Å². The van der Waals surface area contributed by atoms with Crippen LogP contribution in [0, 0.1) is 56.7 Å². The minimum atomic E-state index is -1.19. The van der Waals surface area contributed by atoms with Gasteiger partial charge in [0.2, 0.25) is 11.8 Å². The normalized spacial score (nSPS) is 38.4. The van der Waals surface area contributed by atoms with Crippen LogP contribution in [0.5, 0.6) is 0 Å². The summed E-state index contributed by atoms with van der Waals surface area (Å²) < 4.78 is 5.15. The van der Waals surface area contributed by atoms with E-state index in [2.05, 4.69) is 63.7 Å². The number of aromatic nitrogens is 1. The molecule has 5 aliphatic rings. The van der Waals surface area contributed by atoms with Gasteiger partial charge in [0.25, 0.3) is 5.91 Å². The summed E-state index contributed by atoms with van der Waals surface area (Å²) in [6.45, 7) is 19.6. The molecule has 0 radical (unpaired) electrons. The van der Waals surface area contributed by atoms with Crippen molar-refractivity contribution in [2.45, 2.75) is 125 Å². The van der Waals surface area contributed by atoms with Crippen molar-refractivity contribution >= 4 is 17.8 Å². The van der Waals surface area contributed by atoms with Crippen LogP contribution in [-0.4, -0.2) is 45.6 Å². The lowest BCUT2D eigenvalue weighted by atomic mass is 9.32. The number of carboxylic acid groups (broad SMARTS) is 1. The molecule has 9 heteroatoms. The molecule has 1 heterocycles. The van der Waals surface area contributed by atoms with Crippen molar-refractivity contribution in [3.63, 3.8) is 0 Å². The van der Waals surface area contributed by atoms with Crippen molar-refractivity contribution in [2.24, 2.45) is 56.7 Å². The van der Waals surface area contributed by atoms with Crippen LogP contribution in [-0.2, 0) is 17.8 Å². The Labute approximate surface area is 315 Å². The Bertz CT molecular complexity index is 1780. The van der Waals surface area contributed by atoms with Gasteiger partial charge in [-0.15, -0.1) is 0 Å². The Balaban J connectivity index is 1.05. The van der Waals surface area contributed by atoms with Crippen LogP contribution in [0.1, 0.15) is 138 Å². The number of aromatic carboxylic acids is 1. The third-order valence-electron chi connectivity index (χ3n) is 16.6. The van der Waals surface area contributed by atoms with Crippen LogP contribution < -0.4 is 10.6 Å². The first-order chi connectivity index (χ1) is 25.0. The molecule has 4 unspecified atom stereocenters. The number of fused-ring (bicyclic) bond motifs is 7. The van der Waals surface area contributed by atoms with Gasteiger partial charge in [-0.25, -0.2) is 9.78 Å². The number of aliphatic hydroxyl groups excluding tert-OH is 1. The average Bonchev–Trinajstić information content (AvgIpc) is 3.76. The number of carbonyl (C=O) groups is 3. The van der Waals surface area contributed by atoms with Gasteiger partial charge in [-0.1, -0.05) is 58.9 Å². The number of allylic oxidation sites excluding steroid dienone is 1. The Hall–Kier alpha value is -3.46. The van der Waals surface area contributed by atoms with E-state index < -0.39 is 11.4 Å². The predicted molar refractivity (Wildman–Crippen MR) is 203 cm³/mol. The minimum Gasteiger partial charge on any atom is -0.476 e. The summed E-state index contributed by atoms with van der Waals surface area (Å²) in [5, 5.41) is 26.3. The molecule has 0 saturated heterocycles. The Morgan fingerprint density at radius 1 is 0.925 bits per heavy atom. The van der Waals surface area contributed by atoms with Crippen molar-refractivity contribution in [3.8, 4) is 0 Å². The number of hydrogen-bond donors (Lipinski definition) is 4. The largest absolute Gasteiger partial charge is 0.476 e. The number of carbonyl (C=O) groups excluding carboxylic acids is 2. The molecule has 0 spiro atoms.